The molecule has 1 heterocycles. The van der Waals surface area contributed by atoms with Crippen molar-refractivity contribution in [2.45, 2.75) is 6.04 Å². The zero-order valence-electron chi connectivity index (χ0n) is 11.1. The van der Waals surface area contributed by atoms with Gasteiger partial charge in [-0.25, -0.2) is 13.5 Å². The van der Waals surface area contributed by atoms with Crippen molar-refractivity contribution in [1.82, 2.24) is 9.78 Å². The molecule has 3 nitrogen and oxygen atoms in total. The standard InChI is InChI=1S/C16H13F2N3/c17-13-8-4-7-12(15(13)18)16(19)14-9-10-20-21(14)11-5-2-1-3-6-11/h1-10,16H,19H2. The Bertz CT molecular complexity index is 753. The molecule has 2 aromatic carbocycles. The molecule has 0 radical (unpaired) electrons. The van der Waals surface area contributed by atoms with Crippen molar-refractivity contribution < 1.29 is 8.78 Å². The van der Waals surface area contributed by atoms with E-state index in [1.54, 1.807) is 16.9 Å². The largest absolute Gasteiger partial charge is 0.319 e. The molecule has 0 saturated heterocycles. The van der Waals surface area contributed by atoms with E-state index < -0.39 is 17.7 Å². The van der Waals surface area contributed by atoms with Crippen LogP contribution in [0.3, 0.4) is 0 Å². The van der Waals surface area contributed by atoms with Crippen LogP contribution < -0.4 is 5.73 Å². The van der Waals surface area contributed by atoms with Crippen molar-refractivity contribution >= 4 is 0 Å². The Morgan fingerprint density at radius 3 is 2.48 bits per heavy atom. The quantitative estimate of drug-likeness (QED) is 0.803. The third kappa shape index (κ3) is 2.43. The molecular formula is C16H13F2N3. The lowest BCUT2D eigenvalue weighted by molar-refractivity contribution is 0.492. The van der Waals surface area contributed by atoms with Gasteiger partial charge in [-0.2, -0.15) is 5.10 Å². The number of hydrogen-bond donors (Lipinski definition) is 1. The number of aromatic nitrogens is 2. The second-order valence-electron chi connectivity index (χ2n) is 4.62. The zero-order valence-corrected chi connectivity index (χ0v) is 11.1. The van der Waals surface area contributed by atoms with Gasteiger partial charge in [-0.1, -0.05) is 30.3 Å². The van der Waals surface area contributed by atoms with E-state index in [0.717, 1.165) is 11.8 Å². The second-order valence-corrected chi connectivity index (χ2v) is 4.62. The van der Waals surface area contributed by atoms with Crippen LogP contribution in [0, 0.1) is 11.6 Å². The summed E-state index contributed by atoms with van der Waals surface area (Å²) in [7, 11) is 0. The molecule has 0 aliphatic carbocycles. The van der Waals surface area contributed by atoms with Crippen LogP contribution in [0.1, 0.15) is 17.3 Å². The van der Waals surface area contributed by atoms with Crippen molar-refractivity contribution in [2.75, 3.05) is 0 Å². The van der Waals surface area contributed by atoms with Crippen molar-refractivity contribution in [3.8, 4) is 5.69 Å². The first-order chi connectivity index (χ1) is 10.2. The third-order valence-electron chi connectivity index (χ3n) is 3.31. The molecule has 2 N–H and O–H groups in total. The molecule has 1 atom stereocenters. The Morgan fingerprint density at radius 2 is 1.71 bits per heavy atom. The topological polar surface area (TPSA) is 43.8 Å². The summed E-state index contributed by atoms with van der Waals surface area (Å²) in [5.74, 6) is -1.83. The molecule has 0 amide bonds. The highest BCUT2D eigenvalue weighted by Gasteiger charge is 2.20. The molecule has 0 saturated carbocycles. The molecule has 3 aromatic rings. The number of benzene rings is 2. The smallest absolute Gasteiger partial charge is 0.163 e. The lowest BCUT2D eigenvalue weighted by Crippen LogP contribution is -2.18. The van der Waals surface area contributed by atoms with E-state index in [0.29, 0.717) is 5.69 Å². The molecule has 3 rings (SSSR count). The second kappa shape index (κ2) is 5.46. The van der Waals surface area contributed by atoms with Crippen molar-refractivity contribution in [3.05, 3.63) is 83.7 Å². The monoisotopic (exact) mass is 285 g/mol. The Kier molecular flexibility index (Phi) is 3.50. The van der Waals surface area contributed by atoms with Gasteiger partial charge < -0.3 is 5.73 Å². The summed E-state index contributed by atoms with van der Waals surface area (Å²) in [5.41, 5.74) is 7.60. The number of nitrogens with two attached hydrogens (primary N) is 1. The van der Waals surface area contributed by atoms with Crippen molar-refractivity contribution in [2.24, 2.45) is 5.73 Å². The lowest BCUT2D eigenvalue weighted by atomic mass is 10.0. The first kappa shape index (κ1) is 13.5. The van der Waals surface area contributed by atoms with Crippen LogP contribution in [-0.4, -0.2) is 9.78 Å². The van der Waals surface area contributed by atoms with E-state index in [2.05, 4.69) is 5.10 Å². The summed E-state index contributed by atoms with van der Waals surface area (Å²) in [4.78, 5) is 0. The van der Waals surface area contributed by atoms with Crippen LogP contribution in [0.4, 0.5) is 8.78 Å². The first-order valence-electron chi connectivity index (χ1n) is 6.47. The van der Waals surface area contributed by atoms with Gasteiger partial charge in [0.05, 0.1) is 17.4 Å². The fourth-order valence-corrected chi connectivity index (χ4v) is 2.25. The molecule has 106 valence electrons. The summed E-state index contributed by atoms with van der Waals surface area (Å²) in [6, 6.07) is 14.2. The fraction of sp³-hybridized carbons (Fsp3) is 0.0625. The van der Waals surface area contributed by atoms with E-state index >= 15 is 0 Å². The Labute approximate surface area is 120 Å². The molecular weight excluding hydrogens is 272 g/mol. The number of rotatable bonds is 3. The average molecular weight is 285 g/mol. The van der Waals surface area contributed by atoms with Crippen molar-refractivity contribution in [3.63, 3.8) is 0 Å². The van der Waals surface area contributed by atoms with Gasteiger partial charge in [0, 0.05) is 11.8 Å². The van der Waals surface area contributed by atoms with Gasteiger partial charge in [0.1, 0.15) is 0 Å². The number of halogens is 2. The highest BCUT2D eigenvalue weighted by atomic mass is 19.2. The molecule has 0 fully saturated rings. The third-order valence-corrected chi connectivity index (χ3v) is 3.31. The van der Waals surface area contributed by atoms with Gasteiger partial charge >= 0.3 is 0 Å². The summed E-state index contributed by atoms with van der Waals surface area (Å²) >= 11 is 0. The maximum Gasteiger partial charge on any atom is 0.163 e. The van der Waals surface area contributed by atoms with Crippen LogP contribution in [0.5, 0.6) is 0 Å². The van der Waals surface area contributed by atoms with Crippen molar-refractivity contribution in [1.29, 1.82) is 0 Å². The highest BCUT2D eigenvalue weighted by molar-refractivity contribution is 5.36. The van der Waals surface area contributed by atoms with E-state index in [1.807, 2.05) is 30.3 Å². The summed E-state index contributed by atoms with van der Waals surface area (Å²) in [6.45, 7) is 0. The average Bonchev–Trinajstić information content (AvgIpc) is 3.00. The van der Waals surface area contributed by atoms with Gasteiger partial charge in [-0.15, -0.1) is 0 Å². The predicted octanol–water partition coefficient (Wildman–Crippen LogP) is 3.20. The summed E-state index contributed by atoms with van der Waals surface area (Å²) in [5, 5.41) is 4.21. The molecule has 1 unspecified atom stereocenters. The molecule has 0 aliphatic rings. The zero-order chi connectivity index (χ0) is 14.8. The van der Waals surface area contributed by atoms with E-state index in [4.69, 9.17) is 5.73 Å². The molecule has 1 aromatic heterocycles. The van der Waals surface area contributed by atoms with Gasteiger partial charge in [-0.05, 0) is 24.3 Å². The molecule has 0 aliphatic heterocycles. The van der Waals surface area contributed by atoms with Gasteiger partial charge in [-0.3, -0.25) is 0 Å². The molecule has 21 heavy (non-hydrogen) atoms. The van der Waals surface area contributed by atoms with E-state index in [9.17, 15) is 8.78 Å². The minimum atomic E-state index is -0.925. The van der Waals surface area contributed by atoms with Crippen LogP contribution in [-0.2, 0) is 0 Å². The maximum atomic E-state index is 13.9. The number of para-hydroxylation sites is 1. The van der Waals surface area contributed by atoms with Gasteiger partial charge in [0.25, 0.3) is 0 Å². The Morgan fingerprint density at radius 1 is 0.952 bits per heavy atom. The molecule has 0 spiro atoms. The Hall–Kier alpha value is -2.53. The van der Waals surface area contributed by atoms with Crippen LogP contribution in [0.25, 0.3) is 5.69 Å². The SMILES string of the molecule is NC(c1cccc(F)c1F)c1ccnn1-c1ccccc1. The van der Waals surface area contributed by atoms with Crippen LogP contribution >= 0.6 is 0 Å². The summed E-state index contributed by atoms with van der Waals surface area (Å²) < 4.78 is 28.9. The summed E-state index contributed by atoms with van der Waals surface area (Å²) in [6.07, 6.45) is 1.58. The van der Waals surface area contributed by atoms with E-state index in [-0.39, 0.29) is 5.56 Å². The van der Waals surface area contributed by atoms with Gasteiger partial charge in [0.15, 0.2) is 11.6 Å². The maximum absolute atomic E-state index is 13.9. The van der Waals surface area contributed by atoms with Gasteiger partial charge in [0.2, 0.25) is 0 Å². The van der Waals surface area contributed by atoms with Crippen LogP contribution in [0.15, 0.2) is 60.8 Å². The fourth-order valence-electron chi connectivity index (χ4n) is 2.25. The highest BCUT2D eigenvalue weighted by Crippen LogP contribution is 2.25. The molecule has 0 bridgehead atoms. The normalized spacial score (nSPS) is 12.3. The number of nitrogens with zero attached hydrogens (tertiary/aromatic N) is 2. The number of hydrogen-bond acceptors (Lipinski definition) is 2. The van der Waals surface area contributed by atoms with E-state index in [1.165, 1.54) is 12.1 Å². The minimum Gasteiger partial charge on any atom is -0.319 e. The lowest BCUT2D eigenvalue weighted by Gasteiger charge is -2.15. The minimum absolute atomic E-state index is 0.104. The molecule has 5 heteroatoms. The predicted molar refractivity (Wildman–Crippen MR) is 76.0 cm³/mol. The Balaban J connectivity index is 2.06. The first-order valence-corrected chi connectivity index (χ1v) is 6.47. The van der Waals surface area contributed by atoms with Crippen LogP contribution in [0.2, 0.25) is 0 Å².